The Bertz CT molecular complexity index is 1070. The summed E-state index contributed by atoms with van der Waals surface area (Å²) < 4.78 is 42.1. The molecule has 0 unspecified atom stereocenters. The number of hydrogen-bond acceptors (Lipinski definition) is 5. The van der Waals surface area contributed by atoms with Crippen molar-refractivity contribution in [3.05, 3.63) is 77.4 Å². The molecule has 1 fully saturated rings. The highest BCUT2D eigenvalue weighted by Crippen LogP contribution is 2.29. The Hall–Kier alpha value is -2.42. The van der Waals surface area contributed by atoms with E-state index < -0.39 is 10.0 Å². The van der Waals surface area contributed by atoms with E-state index in [2.05, 4.69) is 4.90 Å². The molecule has 4 rings (SSSR count). The van der Waals surface area contributed by atoms with Crippen molar-refractivity contribution in [2.24, 2.45) is 0 Å². The minimum absolute atomic E-state index is 0.165. The summed E-state index contributed by atoms with van der Waals surface area (Å²) >= 11 is 1.20. The van der Waals surface area contributed by atoms with E-state index in [1.54, 1.807) is 60.0 Å². The summed E-state index contributed by atoms with van der Waals surface area (Å²) in [4.78, 5) is 2.09. The summed E-state index contributed by atoms with van der Waals surface area (Å²) in [6, 6.07) is 16.5. The maximum atomic E-state index is 14.3. The van der Waals surface area contributed by atoms with Gasteiger partial charge < -0.3 is 10.0 Å². The molecule has 1 aromatic heterocycles. The third-order valence-corrected chi connectivity index (χ3v) is 8.37. The van der Waals surface area contributed by atoms with Crippen LogP contribution in [0.1, 0.15) is 5.56 Å². The number of piperazine rings is 1. The van der Waals surface area contributed by atoms with Crippen LogP contribution in [-0.4, -0.2) is 43.5 Å². The van der Waals surface area contributed by atoms with Crippen molar-refractivity contribution in [1.29, 1.82) is 0 Å². The van der Waals surface area contributed by atoms with Gasteiger partial charge in [-0.05, 0) is 53.8 Å². The lowest BCUT2D eigenvalue weighted by Crippen LogP contribution is -2.55. The van der Waals surface area contributed by atoms with Crippen LogP contribution in [0.3, 0.4) is 0 Å². The maximum absolute atomic E-state index is 14.3. The zero-order valence-corrected chi connectivity index (χ0v) is 17.2. The number of rotatable bonds is 5. The molecule has 29 heavy (non-hydrogen) atoms. The van der Waals surface area contributed by atoms with Gasteiger partial charge in [0.25, 0.3) is 10.0 Å². The molecule has 0 bridgehead atoms. The van der Waals surface area contributed by atoms with Crippen LogP contribution < -0.4 is 4.90 Å². The predicted molar refractivity (Wildman–Crippen MR) is 112 cm³/mol. The third-order valence-electron chi connectivity index (χ3n) is 5.13. The molecule has 0 radical (unpaired) electrons. The standard InChI is InChI=1S/C21H21FN2O3S2/c22-20-5-2-1-4-16(20)14-18-15-23(29(26,27)21-6-3-13-28-21)11-12-24(18)17-7-9-19(25)10-8-17/h1-10,13,18,25H,11-12,14-15H2/t18-/m1/s1. The van der Waals surface area contributed by atoms with Crippen molar-refractivity contribution < 1.29 is 17.9 Å². The van der Waals surface area contributed by atoms with Crippen LogP contribution in [0.25, 0.3) is 0 Å². The minimum Gasteiger partial charge on any atom is -0.508 e. The van der Waals surface area contributed by atoms with Crippen LogP contribution >= 0.6 is 11.3 Å². The predicted octanol–water partition coefficient (Wildman–Crippen LogP) is 3.72. The molecule has 0 spiro atoms. The topological polar surface area (TPSA) is 60.9 Å². The molecule has 8 heteroatoms. The fourth-order valence-electron chi connectivity index (χ4n) is 3.66. The number of aromatic hydroxyl groups is 1. The van der Waals surface area contributed by atoms with E-state index in [0.717, 1.165) is 5.69 Å². The van der Waals surface area contributed by atoms with Gasteiger partial charge in [0.2, 0.25) is 0 Å². The minimum atomic E-state index is -3.57. The molecule has 1 aliphatic heterocycles. The van der Waals surface area contributed by atoms with E-state index in [1.807, 2.05) is 0 Å². The lowest BCUT2D eigenvalue weighted by atomic mass is 10.0. The zero-order valence-electron chi connectivity index (χ0n) is 15.6. The van der Waals surface area contributed by atoms with Crippen molar-refractivity contribution in [3.8, 4) is 5.75 Å². The Kier molecular flexibility index (Phi) is 5.58. The van der Waals surface area contributed by atoms with Gasteiger partial charge in [0.05, 0.1) is 0 Å². The third kappa shape index (κ3) is 4.14. The van der Waals surface area contributed by atoms with Gasteiger partial charge in [-0.25, -0.2) is 12.8 Å². The Morgan fingerprint density at radius 1 is 1.03 bits per heavy atom. The zero-order chi connectivity index (χ0) is 20.4. The first-order valence-electron chi connectivity index (χ1n) is 9.28. The molecule has 1 atom stereocenters. The van der Waals surface area contributed by atoms with Crippen LogP contribution in [0.4, 0.5) is 10.1 Å². The fraction of sp³-hybridized carbons (Fsp3) is 0.238. The molecule has 0 aliphatic carbocycles. The number of phenolic OH excluding ortho intramolecular Hbond substituents is 1. The largest absolute Gasteiger partial charge is 0.508 e. The number of hydrogen-bond donors (Lipinski definition) is 1. The first kappa shape index (κ1) is 19.9. The molecule has 0 amide bonds. The fourth-order valence-corrected chi connectivity index (χ4v) is 6.27. The SMILES string of the molecule is O=S(=O)(c1cccs1)N1CCN(c2ccc(O)cc2)[C@H](Cc2ccccc2F)C1. The molecule has 1 N–H and O–H groups in total. The molecule has 2 heterocycles. The molecule has 0 saturated carbocycles. The summed E-state index contributed by atoms with van der Waals surface area (Å²) in [6.07, 6.45) is 0.379. The Morgan fingerprint density at radius 2 is 1.79 bits per heavy atom. The van der Waals surface area contributed by atoms with E-state index in [4.69, 9.17) is 0 Å². The van der Waals surface area contributed by atoms with Gasteiger partial charge >= 0.3 is 0 Å². The number of benzene rings is 2. The van der Waals surface area contributed by atoms with E-state index in [0.29, 0.717) is 29.3 Å². The van der Waals surface area contributed by atoms with Gasteiger partial charge in [-0.1, -0.05) is 24.3 Å². The summed E-state index contributed by atoms with van der Waals surface area (Å²) in [5.74, 6) is -0.130. The van der Waals surface area contributed by atoms with Crippen molar-refractivity contribution in [2.45, 2.75) is 16.7 Å². The number of thiophene rings is 1. The van der Waals surface area contributed by atoms with Crippen molar-refractivity contribution in [1.82, 2.24) is 4.31 Å². The smallest absolute Gasteiger partial charge is 0.252 e. The normalized spacial score (nSPS) is 18.1. The van der Waals surface area contributed by atoms with Crippen LogP contribution in [0.5, 0.6) is 5.75 Å². The van der Waals surface area contributed by atoms with Gasteiger partial charge in [0.1, 0.15) is 15.8 Å². The van der Waals surface area contributed by atoms with E-state index in [9.17, 15) is 17.9 Å². The Labute approximate surface area is 173 Å². The number of halogens is 1. The number of phenols is 1. The average Bonchev–Trinajstić information content (AvgIpc) is 3.26. The summed E-state index contributed by atoms with van der Waals surface area (Å²) in [5.41, 5.74) is 1.42. The average molecular weight is 433 g/mol. The highest BCUT2D eigenvalue weighted by Gasteiger charge is 2.35. The highest BCUT2D eigenvalue weighted by molar-refractivity contribution is 7.91. The monoisotopic (exact) mass is 432 g/mol. The quantitative estimate of drug-likeness (QED) is 0.668. The second kappa shape index (κ2) is 8.14. The van der Waals surface area contributed by atoms with Gasteiger partial charge in [-0.15, -0.1) is 11.3 Å². The molecular formula is C21H21FN2O3S2. The van der Waals surface area contributed by atoms with Crippen molar-refractivity contribution in [3.63, 3.8) is 0 Å². The molecule has 152 valence electrons. The molecule has 1 aliphatic rings. The van der Waals surface area contributed by atoms with Crippen LogP contribution in [0.15, 0.2) is 70.3 Å². The molecule has 5 nitrogen and oxygen atoms in total. The molecular weight excluding hydrogens is 411 g/mol. The maximum Gasteiger partial charge on any atom is 0.252 e. The Balaban J connectivity index is 1.65. The Morgan fingerprint density at radius 3 is 2.48 bits per heavy atom. The van der Waals surface area contributed by atoms with Crippen molar-refractivity contribution >= 4 is 27.0 Å². The van der Waals surface area contributed by atoms with E-state index in [1.165, 1.54) is 21.7 Å². The first-order chi connectivity index (χ1) is 13.9. The second-order valence-electron chi connectivity index (χ2n) is 6.95. The van der Waals surface area contributed by atoms with Crippen LogP contribution in [0.2, 0.25) is 0 Å². The summed E-state index contributed by atoms with van der Waals surface area (Å²) in [7, 11) is -3.57. The van der Waals surface area contributed by atoms with Crippen LogP contribution in [-0.2, 0) is 16.4 Å². The van der Waals surface area contributed by atoms with Gasteiger partial charge in [0.15, 0.2) is 0 Å². The van der Waals surface area contributed by atoms with Crippen molar-refractivity contribution in [2.75, 3.05) is 24.5 Å². The van der Waals surface area contributed by atoms with Crippen LogP contribution in [0, 0.1) is 5.82 Å². The summed E-state index contributed by atoms with van der Waals surface area (Å²) in [6.45, 7) is 1.08. The number of anilines is 1. The van der Waals surface area contributed by atoms with Gasteiger partial charge in [-0.2, -0.15) is 4.31 Å². The second-order valence-corrected chi connectivity index (χ2v) is 10.1. The lowest BCUT2D eigenvalue weighted by molar-refractivity contribution is 0.329. The first-order valence-corrected chi connectivity index (χ1v) is 11.6. The van der Waals surface area contributed by atoms with Gasteiger partial charge in [0, 0.05) is 31.4 Å². The van der Waals surface area contributed by atoms with E-state index in [-0.39, 0.29) is 24.2 Å². The summed E-state index contributed by atoms with van der Waals surface area (Å²) in [5, 5.41) is 11.3. The number of sulfonamides is 1. The number of nitrogens with zero attached hydrogens (tertiary/aromatic N) is 2. The molecule has 2 aromatic carbocycles. The molecule has 3 aromatic rings. The lowest BCUT2D eigenvalue weighted by Gasteiger charge is -2.42. The highest BCUT2D eigenvalue weighted by atomic mass is 32.2. The van der Waals surface area contributed by atoms with Gasteiger partial charge in [-0.3, -0.25) is 0 Å². The van der Waals surface area contributed by atoms with E-state index >= 15 is 0 Å². The molecule has 1 saturated heterocycles.